The molecule has 0 aromatic rings. The smallest absolute Gasteiger partial charge is 0.220 e. The number of hydrogen-bond donors (Lipinski definition) is 12. The first-order valence-corrected chi connectivity index (χ1v) is 38.3. The molecule has 3 saturated heterocycles. The van der Waals surface area contributed by atoms with E-state index in [1.165, 1.54) is 250 Å². The fraction of sp³-hybridized carbons (Fsp3) is 0.986. The Morgan fingerprint density at radius 1 is 0.348 bits per heavy atom. The van der Waals surface area contributed by atoms with Crippen molar-refractivity contribution in [3.63, 3.8) is 0 Å². The Labute approximate surface area is 557 Å². The van der Waals surface area contributed by atoms with Gasteiger partial charge in [-0.1, -0.05) is 309 Å². The van der Waals surface area contributed by atoms with Gasteiger partial charge in [-0.15, -0.1) is 0 Å². The SMILES string of the molecule is CCCCCCCCCCCCCCCCCCCCCCCCCCCCCCCCCCCCCCCCCC(=O)NC(COC1OC(CO)C(OC2OC(CO)C(OC3OC(CO)C(O)C(O)C3O)C(O)C2O)C(O)C1O)C(O)CCCCCCCCCC. The van der Waals surface area contributed by atoms with Gasteiger partial charge in [0.15, 0.2) is 18.9 Å². The van der Waals surface area contributed by atoms with Gasteiger partial charge in [-0.3, -0.25) is 4.79 Å². The zero-order valence-corrected chi connectivity index (χ0v) is 58.1. The zero-order valence-electron chi connectivity index (χ0n) is 58.1. The minimum atomic E-state index is -1.97. The molecule has 0 aromatic carbocycles. The fourth-order valence-corrected chi connectivity index (χ4v) is 13.5. The van der Waals surface area contributed by atoms with Crippen LogP contribution in [0.5, 0.6) is 0 Å². The van der Waals surface area contributed by atoms with Crippen LogP contribution in [0.3, 0.4) is 0 Å². The Morgan fingerprint density at radius 3 is 0.946 bits per heavy atom. The van der Waals surface area contributed by atoms with E-state index in [9.17, 15) is 61.0 Å². The third-order valence-electron chi connectivity index (χ3n) is 19.7. The van der Waals surface area contributed by atoms with E-state index in [2.05, 4.69) is 19.2 Å². The summed E-state index contributed by atoms with van der Waals surface area (Å²) in [5.74, 6) is -0.239. The van der Waals surface area contributed by atoms with Crippen LogP contribution in [-0.2, 0) is 33.2 Å². The summed E-state index contributed by atoms with van der Waals surface area (Å²) >= 11 is 0. The molecule has 3 aliphatic rings. The monoisotopic (exact) mass is 1320 g/mol. The average Bonchev–Trinajstić information content (AvgIpc) is 0.830. The first-order valence-electron chi connectivity index (χ1n) is 38.3. The lowest BCUT2D eigenvalue weighted by atomic mass is 9.96. The van der Waals surface area contributed by atoms with Crippen molar-refractivity contribution in [2.75, 3.05) is 26.4 Å². The molecular weight excluding hydrogens is 1180 g/mol. The van der Waals surface area contributed by atoms with Gasteiger partial charge in [0.25, 0.3) is 0 Å². The van der Waals surface area contributed by atoms with E-state index in [1.807, 2.05) is 0 Å². The third-order valence-corrected chi connectivity index (χ3v) is 19.7. The molecule has 0 bridgehead atoms. The van der Waals surface area contributed by atoms with E-state index < -0.39 is 124 Å². The van der Waals surface area contributed by atoms with Crippen molar-refractivity contribution < 1.29 is 89.4 Å². The molecule has 0 aliphatic carbocycles. The Morgan fingerprint density at radius 2 is 0.620 bits per heavy atom. The summed E-state index contributed by atoms with van der Waals surface area (Å²) in [5, 5.41) is 120. The van der Waals surface area contributed by atoms with E-state index in [-0.39, 0.29) is 18.9 Å². The van der Waals surface area contributed by atoms with E-state index in [0.717, 1.165) is 44.9 Å². The highest BCUT2D eigenvalue weighted by Gasteiger charge is 2.53. The van der Waals surface area contributed by atoms with Crippen molar-refractivity contribution in [1.29, 1.82) is 0 Å². The van der Waals surface area contributed by atoms with Crippen LogP contribution in [0.2, 0.25) is 0 Å². The second-order valence-corrected chi connectivity index (χ2v) is 27.8. The second kappa shape index (κ2) is 55.6. The Hall–Kier alpha value is -1.21. The van der Waals surface area contributed by atoms with Gasteiger partial charge in [-0.25, -0.2) is 0 Å². The van der Waals surface area contributed by atoms with Crippen LogP contribution in [0.15, 0.2) is 0 Å². The molecule has 19 heteroatoms. The predicted molar refractivity (Wildman–Crippen MR) is 361 cm³/mol. The molecule has 3 aliphatic heterocycles. The summed E-state index contributed by atoms with van der Waals surface area (Å²) in [5.41, 5.74) is 0. The molecule has 3 heterocycles. The molecule has 17 atom stereocenters. The molecule has 1 amide bonds. The number of rotatable bonds is 61. The number of ether oxygens (including phenoxy) is 6. The second-order valence-electron chi connectivity index (χ2n) is 27.8. The lowest BCUT2D eigenvalue weighted by Crippen LogP contribution is -2.66. The normalized spacial score (nSPS) is 27.6. The Balaban J connectivity index is 1.23. The third kappa shape index (κ3) is 36.6. The first kappa shape index (κ1) is 85.0. The number of amides is 1. The van der Waals surface area contributed by atoms with Crippen molar-refractivity contribution in [3.8, 4) is 0 Å². The molecule has 92 heavy (non-hydrogen) atoms. The topological polar surface area (TPSA) is 307 Å². The number of nitrogens with one attached hydrogen (secondary N) is 1. The summed E-state index contributed by atoms with van der Waals surface area (Å²) in [6, 6.07) is -0.880. The minimum Gasteiger partial charge on any atom is -0.394 e. The highest BCUT2D eigenvalue weighted by molar-refractivity contribution is 5.76. The highest BCUT2D eigenvalue weighted by atomic mass is 16.8. The lowest BCUT2D eigenvalue weighted by molar-refractivity contribution is -0.379. The predicted octanol–water partition coefficient (Wildman–Crippen LogP) is 11.5. The molecule has 0 radical (unpaired) electrons. The molecule has 12 N–H and O–H groups in total. The number of aliphatic hydroxyl groups is 11. The van der Waals surface area contributed by atoms with Crippen LogP contribution in [0.1, 0.15) is 328 Å². The van der Waals surface area contributed by atoms with Gasteiger partial charge in [0, 0.05) is 6.42 Å². The molecule has 19 nitrogen and oxygen atoms in total. The van der Waals surface area contributed by atoms with Crippen molar-refractivity contribution >= 4 is 5.91 Å². The molecule has 0 spiro atoms. The molecular formula is C73H141NO18. The lowest BCUT2D eigenvalue weighted by Gasteiger charge is -2.48. The number of carbonyl (C=O) groups excluding carboxylic acids is 1. The number of unbranched alkanes of at least 4 members (excludes halogenated alkanes) is 45. The molecule has 3 fully saturated rings. The summed E-state index contributed by atoms with van der Waals surface area (Å²) in [4.78, 5) is 13.4. The van der Waals surface area contributed by atoms with Crippen LogP contribution in [0.4, 0.5) is 0 Å². The first-order chi connectivity index (χ1) is 44.8. The molecule has 546 valence electrons. The molecule has 0 aromatic heterocycles. The molecule has 0 saturated carbocycles. The maximum atomic E-state index is 13.4. The zero-order chi connectivity index (χ0) is 66.8. The van der Waals surface area contributed by atoms with Crippen LogP contribution in [-0.4, -0.2) is 193 Å². The summed E-state index contributed by atoms with van der Waals surface area (Å²) in [6.45, 7) is 1.79. The molecule has 17 unspecified atom stereocenters. The number of carbonyl (C=O) groups is 1. The van der Waals surface area contributed by atoms with Gasteiger partial charge >= 0.3 is 0 Å². The van der Waals surface area contributed by atoms with Crippen LogP contribution in [0, 0.1) is 0 Å². The maximum Gasteiger partial charge on any atom is 0.220 e. The van der Waals surface area contributed by atoms with Gasteiger partial charge in [-0.05, 0) is 12.8 Å². The van der Waals surface area contributed by atoms with Gasteiger partial charge in [0.1, 0.15) is 73.2 Å². The average molecular weight is 1320 g/mol. The summed E-state index contributed by atoms with van der Waals surface area (Å²) < 4.78 is 34.3. The van der Waals surface area contributed by atoms with Crippen LogP contribution < -0.4 is 5.32 Å². The summed E-state index contributed by atoms with van der Waals surface area (Å²) in [7, 11) is 0. The van der Waals surface area contributed by atoms with E-state index in [1.54, 1.807) is 0 Å². The highest BCUT2D eigenvalue weighted by Crippen LogP contribution is 2.33. The van der Waals surface area contributed by atoms with Gasteiger partial charge in [-0.2, -0.15) is 0 Å². The van der Waals surface area contributed by atoms with Crippen molar-refractivity contribution in [1.82, 2.24) is 5.32 Å². The van der Waals surface area contributed by atoms with Crippen molar-refractivity contribution in [2.24, 2.45) is 0 Å². The summed E-state index contributed by atoms with van der Waals surface area (Å²) in [6.07, 6.45) is 35.7. The standard InChI is InChI=1S/C73H141NO18/c1-3-5-7-9-11-13-14-15-16-17-18-19-20-21-22-23-24-25-26-27-28-29-30-31-32-33-34-35-36-37-38-39-40-41-42-43-45-47-49-51-61(79)74-56(57(78)50-48-46-44-12-10-8-6-4-2)55-87-71-67(85)64(82)69(59(53-76)89-71)92-73-68(86)65(83)70(60(54-77)90-73)91-72-66(84)63(81)62(80)58(52-75)88-72/h56-60,62-73,75-78,80-86H,3-55H2,1-2H3,(H,74,79). The Bertz CT molecular complexity index is 1670. The fourth-order valence-electron chi connectivity index (χ4n) is 13.5. The quantitative estimate of drug-likeness (QED) is 0.0252. The largest absolute Gasteiger partial charge is 0.394 e. The van der Waals surface area contributed by atoms with Gasteiger partial charge < -0.3 is 89.9 Å². The van der Waals surface area contributed by atoms with Crippen LogP contribution >= 0.6 is 0 Å². The number of hydrogen-bond acceptors (Lipinski definition) is 18. The minimum absolute atomic E-state index is 0.239. The maximum absolute atomic E-state index is 13.4. The van der Waals surface area contributed by atoms with E-state index in [4.69, 9.17) is 28.4 Å². The van der Waals surface area contributed by atoms with E-state index in [0.29, 0.717) is 12.8 Å². The molecule has 3 rings (SSSR count). The van der Waals surface area contributed by atoms with Gasteiger partial charge in [0.2, 0.25) is 5.91 Å². The Kier molecular flexibility index (Phi) is 51.4. The van der Waals surface area contributed by atoms with Crippen molar-refractivity contribution in [2.45, 2.75) is 433 Å². The van der Waals surface area contributed by atoms with Crippen molar-refractivity contribution in [3.05, 3.63) is 0 Å². The number of aliphatic hydroxyl groups excluding tert-OH is 11. The van der Waals surface area contributed by atoms with Gasteiger partial charge in [0.05, 0.1) is 38.6 Å². The van der Waals surface area contributed by atoms with Crippen LogP contribution in [0.25, 0.3) is 0 Å². The van der Waals surface area contributed by atoms with E-state index >= 15 is 0 Å².